The molecule has 132 valence electrons. The average molecular weight is 355 g/mol. The van der Waals surface area contributed by atoms with Crippen LogP contribution in [-0.4, -0.2) is 62.3 Å². The van der Waals surface area contributed by atoms with Gasteiger partial charge in [-0.3, -0.25) is 9.69 Å². The summed E-state index contributed by atoms with van der Waals surface area (Å²) in [6, 6.07) is 4.47. The molecule has 0 aromatic heterocycles. The minimum atomic E-state index is -3.64. The summed E-state index contributed by atoms with van der Waals surface area (Å²) in [5, 5.41) is 2.74. The molecule has 1 saturated heterocycles. The van der Waals surface area contributed by atoms with Gasteiger partial charge < -0.3 is 5.32 Å². The van der Waals surface area contributed by atoms with E-state index in [0.717, 1.165) is 12.1 Å². The number of carbonyl (C=O) groups is 1. The zero-order valence-electron chi connectivity index (χ0n) is 13.6. The second-order valence-electron chi connectivity index (χ2n) is 5.60. The Hall–Kier alpha value is -1.77. The van der Waals surface area contributed by atoms with Crippen LogP contribution in [0.5, 0.6) is 0 Å². The maximum absolute atomic E-state index is 13.0. The molecule has 0 radical (unpaired) electrons. The smallest absolute Gasteiger partial charge is 0.243 e. The molecule has 1 aliphatic rings. The first kappa shape index (κ1) is 18.6. The van der Waals surface area contributed by atoms with Gasteiger partial charge in [0, 0.05) is 32.7 Å². The number of piperazine rings is 1. The van der Waals surface area contributed by atoms with E-state index < -0.39 is 15.8 Å². The largest absolute Gasteiger partial charge is 0.351 e. The highest BCUT2D eigenvalue weighted by molar-refractivity contribution is 7.89. The molecular weight excluding hydrogens is 333 g/mol. The van der Waals surface area contributed by atoms with Gasteiger partial charge in [0.05, 0.1) is 10.9 Å². The van der Waals surface area contributed by atoms with Crippen molar-refractivity contribution in [3.05, 3.63) is 42.7 Å². The predicted octanol–water partition coefficient (Wildman–Crippen LogP) is 0.823. The predicted molar refractivity (Wildman–Crippen MR) is 89.4 cm³/mol. The van der Waals surface area contributed by atoms with Crippen molar-refractivity contribution in [2.75, 3.05) is 32.7 Å². The minimum Gasteiger partial charge on any atom is -0.351 e. The van der Waals surface area contributed by atoms with Crippen molar-refractivity contribution in [1.29, 1.82) is 0 Å². The van der Waals surface area contributed by atoms with E-state index >= 15 is 0 Å². The first-order valence-corrected chi connectivity index (χ1v) is 9.18. The summed E-state index contributed by atoms with van der Waals surface area (Å²) >= 11 is 0. The Kier molecular flexibility index (Phi) is 6.09. The minimum absolute atomic E-state index is 0.0779. The van der Waals surface area contributed by atoms with E-state index in [1.54, 1.807) is 13.0 Å². The number of benzene rings is 1. The Morgan fingerprint density at radius 2 is 1.88 bits per heavy atom. The summed E-state index contributed by atoms with van der Waals surface area (Å²) in [5.41, 5.74) is 0. The lowest BCUT2D eigenvalue weighted by molar-refractivity contribution is -0.126. The number of amides is 1. The number of halogens is 1. The molecule has 1 aromatic rings. The molecule has 0 saturated carbocycles. The lowest BCUT2D eigenvalue weighted by atomic mass is 10.2. The molecule has 0 aliphatic carbocycles. The van der Waals surface area contributed by atoms with Crippen LogP contribution in [0, 0.1) is 5.82 Å². The van der Waals surface area contributed by atoms with Crippen LogP contribution in [-0.2, 0) is 14.8 Å². The molecule has 1 amide bonds. The topological polar surface area (TPSA) is 69.7 Å². The summed E-state index contributed by atoms with van der Waals surface area (Å²) in [4.78, 5) is 14.0. The molecule has 0 spiro atoms. The van der Waals surface area contributed by atoms with Crippen LogP contribution in [0.2, 0.25) is 0 Å². The fourth-order valence-corrected chi connectivity index (χ4v) is 4.00. The third-order valence-corrected chi connectivity index (χ3v) is 5.99. The number of hydrogen-bond donors (Lipinski definition) is 1. The highest BCUT2D eigenvalue weighted by Gasteiger charge is 2.31. The summed E-state index contributed by atoms with van der Waals surface area (Å²) < 4.78 is 39.4. The lowest BCUT2D eigenvalue weighted by Crippen LogP contribution is -2.54. The Balaban J connectivity index is 1.98. The monoisotopic (exact) mass is 355 g/mol. The zero-order chi connectivity index (χ0) is 17.7. The number of sulfonamides is 1. The van der Waals surface area contributed by atoms with E-state index in [1.165, 1.54) is 16.4 Å². The number of nitrogens with one attached hydrogen (secondary N) is 1. The van der Waals surface area contributed by atoms with Crippen LogP contribution in [0.3, 0.4) is 0 Å². The van der Waals surface area contributed by atoms with Crippen molar-refractivity contribution in [2.24, 2.45) is 0 Å². The van der Waals surface area contributed by atoms with Crippen molar-refractivity contribution in [2.45, 2.75) is 17.9 Å². The maximum Gasteiger partial charge on any atom is 0.243 e. The quantitative estimate of drug-likeness (QED) is 0.767. The van der Waals surface area contributed by atoms with Crippen molar-refractivity contribution >= 4 is 15.9 Å². The standard InChI is InChI=1S/C16H22FN3O3S/c1-3-8-18-16(21)13(2)19-9-11-20(12-10-19)24(22,23)15-6-4-14(17)5-7-15/h3-7,13H,1,8-12H2,2H3,(H,18,21)/t13-/m1/s1. The summed E-state index contributed by atoms with van der Waals surface area (Å²) in [5.74, 6) is -0.581. The van der Waals surface area contributed by atoms with Gasteiger partial charge in [0.1, 0.15) is 5.82 Å². The van der Waals surface area contributed by atoms with Crippen molar-refractivity contribution in [3.8, 4) is 0 Å². The Labute approximate surface area is 142 Å². The van der Waals surface area contributed by atoms with Crippen molar-refractivity contribution in [3.63, 3.8) is 0 Å². The SMILES string of the molecule is C=CCNC(=O)[C@@H](C)N1CCN(S(=O)(=O)c2ccc(F)cc2)CC1. The van der Waals surface area contributed by atoms with E-state index in [-0.39, 0.29) is 16.8 Å². The molecule has 24 heavy (non-hydrogen) atoms. The van der Waals surface area contributed by atoms with Crippen LogP contribution in [0.4, 0.5) is 4.39 Å². The highest BCUT2D eigenvalue weighted by atomic mass is 32.2. The summed E-state index contributed by atoms with van der Waals surface area (Å²) in [6.07, 6.45) is 1.61. The molecule has 2 rings (SSSR count). The molecule has 1 aliphatic heterocycles. The second kappa shape index (κ2) is 7.87. The molecule has 0 unspecified atom stereocenters. The molecule has 0 bridgehead atoms. The van der Waals surface area contributed by atoms with Gasteiger partial charge >= 0.3 is 0 Å². The van der Waals surface area contributed by atoms with Crippen LogP contribution < -0.4 is 5.32 Å². The van der Waals surface area contributed by atoms with Crippen LogP contribution in [0.1, 0.15) is 6.92 Å². The van der Waals surface area contributed by atoms with Gasteiger partial charge in [0.2, 0.25) is 15.9 Å². The molecule has 8 heteroatoms. The molecule has 1 fully saturated rings. The first-order chi connectivity index (χ1) is 11.4. The van der Waals surface area contributed by atoms with Gasteiger partial charge in [-0.05, 0) is 31.2 Å². The molecular formula is C16H22FN3O3S. The molecule has 1 aromatic carbocycles. The number of rotatable bonds is 6. The maximum atomic E-state index is 13.0. The normalized spacial score (nSPS) is 18.1. The van der Waals surface area contributed by atoms with Crippen LogP contribution in [0.25, 0.3) is 0 Å². The average Bonchev–Trinajstić information content (AvgIpc) is 2.59. The lowest BCUT2D eigenvalue weighted by Gasteiger charge is -2.36. The molecule has 1 atom stereocenters. The van der Waals surface area contributed by atoms with Gasteiger partial charge in [0.25, 0.3) is 0 Å². The van der Waals surface area contributed by atoms with E-state index in [2.05, 4.69) is 11.9 Å². The van der Waals surface area contributed by atoms with Gasteiger partial charge in [-0.1, -0.05) is 6.08 Å². The van der Waals surface area contributed by atoms with Crippen molar-refractivity contribution in [1.82, 2.24) is 14.5 Å². The second-order valence-corrected chi connectivity index (χ2v) is 7.54. The number of nitrogens with zero attached hydrogens (tertiary/aromatic N) is 2. The zero-order valence-corrected chi connectivity index (χ0v) is 14.4. The number of hydrogen-bond acceptors (Lipinski definition) is 4. The third-order valence-electron chi connectivity index (χ3n) is 4.07. The summed E-state index contributed by atoms with van der Waals surface area (Å²) in [7, 11) is -3.64. The Morgan fingerprint density at radius 1 is 1.29 bits per heavy atom. The van der Waals surface area contributed by atoms with Gasteiger partial charge in [0.15, 0.2) is 0 Å². The van der Waals surface area contributed by atoms with Gasteiger partial charge in [-0.25, -0.2) is 12.8 Å². The fraction of sp³-hybridized carbons (Fsp3) is 0.438. The summed E-state index contributed by atoms with van der Waals surface area (Å²) in [6.45, 7) is 7.25. The Bertz CT molecular complexity index is 683. The van der Waals surface area contributed by atoms with E-state index in [0.29, 0.717) is 32.7 Å². The van der Waals surface area contributed by atoms with Gasteiger partial charge in [-0.2, -0.15) is 4.31 Å². The van der Waals surface area contributed by atoms with E-state index in [4.69, 9.17) is 0 Å². The third kappa shape index (κ3) is 4.19. The number of carbonyl (C=O) groups excluding carboxylic acids is 1. The molecule has 1 heterocycles. The van der Waals surface area contributed by atoms with Crippen LogP contribution >= 0.6 is 0 Å². The van der Waals surface area contributed by atoms with Crippen LogP contribution in [0.15, 0.2) is 41.8 Å². The van der Waals surface area contributed by atoms with E-state index in [9.17, 15) is 17.6 Å². The highest BCUT2D eigenvalue weighted by Crippen LogP contribution is 2.18. The van der Waals surface area contributed by atoms with Crippen molar-refractivity contribution < 1.29 is 17.6 Å². The first-order valence-electron chi connectivity index (χ1n) is 7.74. The molecule has 6 nitrogen and oxygen atoms in total. The Morgan fingerprint density at radius 3 is 2.42 bits per heavy atom. The molecule has 1 N–H and O–H groups in total. The van der Waals surface area contributed by atoms with E-state index in [1.807, 2.05) is 4.90 Å². The van der Waals surface area contributed by atoms with Gasteiger partial charge in [-0.15, -0.1) is 6.58 Å². The fourth-order valence-electron chi connectivity index (χ4n) is 2.57.